The Morgan fingerprint density at radius 2 is 1.84 bits per heavy atom. The third-order valence-corrected chi connectivity index (χ3v) is 2.76. The molecule has 0 spiro atoms. The minimum Gasteiger partial charge on any atom is -0.312 e. The van der Waals surface area contributed by atoms with Gasteiger partial charge in [0.25, 0.3) is 5.56 Å². The van der Waals surface area contributed by atoms with E-state index >= 15 is 0 Å². The van der Waals surface area contributed by atoms with Crippen LogP contribution in [0.1, 0.15) is 30.9 Å². The minimum absolute atomic E-state index is 0.174. The maximum Gasteiger partial charge on any atom is 0.325 e. The molecular formula is C14H15N3O2. The Labute approximate surface area is 110 Å². The van der Waals surface area contributed by atoms with E-state index in [9.17, 15) is 9.59 Å². The number of benzene rings is 1. The number of hydrogen-bond donors (Lipinski definition) is 2. The van der Waals surface area contributed by atoms with Crippen molar-refractivity contribution in [1.29, 1.82) is 0 Å². The highest BCUT2D eigenvalue weighted by atomic mass is 16.2. The summed E-state index contributed by atoms with van der Waals surface area (Å²) in [5.74, 6) is 0.480. The molecule has 0 aliphatic rings. The van der Waals surface area contributed by atoms with Gasteiger partial charge in [0.05, 0.1) is 0 Å². The summed E-state index contributed by atoms with van der Waals surface area (Å²) in [5.41, 5.74) is 1.28. The molecule has 5 nitrogen and oxygen atoms in total. The molecular weight excluding hydrogens is 242 g/mol. The first-order chi connectivity index (χ1) is 9.06. The van der Waals surface area contributed by atoms with Gasteiger partial charge in [-0.25, -0.2) is 9.79 Å². The van der Waals surface area contributed by atoms with Crippen molar-refractivity contribution < 1.29 is 0 Å². The lowest BCUT2D eigenvalue weighted by Gasteiger charge is -2.04. The van der Waals surface area contributed by atoms with Crippen LogP contribution in [0.2, 0.25) is 0 Å². The van der Waals surface area contributed by atoms with Crippen molar-refractivity contribution >= 4 is 11.9 Å². The molecule has 0 bridgehead atoms. The second-order valence-electron chi connectivity index (χ2n) is 4.54. The fourth-order valence-corrected chi connectivity index (χ4v) is 1.61. The topological polar surface area (TPSA) is 78.1 Å². The zero-order valence-electron chi connectivity index (χ0n) is 10.8. The lowest BCUT2D eigenvalue weighted by atomic mass is 10.0. The third kappa shape index (κ3) is 3.28. The quantitative estimate of drug-likeness (QED) is 0.824. The molecule has 1 aromatic heterocycles. The van der Waals surface area contributed by atoms with Crippen LogP contribution in [0, 0.1) is 0 Å². The molecule has 98 valence electrons. The van der Waals surface area contributed by atoms with Gasteiger partial charge < -0.3 is 4.98 Å². The van der Waals surface area contributed by atoms with E-state index in [0.29, 0.717) is 5.92 Å². The average molecular weight is 257 g/mol. The second-order valence-corrected chi connectivity index (χ2v) is 4.54. The highest BCUT2D eigenvalue weighted by Crippen LogP contribution is 2.14. The first-order valence-electron chi connectivity index (χ1n) is 6.02. The van der Waals surface area contributed by atoms with E-state index in [1.54, 1.807) is 6.21 Å². The van der Waals surface area contributed by atoms with Crippen molar-refractivity contribution in [2.75, 3.05) is 0 Å². The van der Waals surface area contributed by atoms with Crippen molar-refractivity contribution in [3.8, 4) is 0 Å². The van der Waals surface area contributed by atoms with E-state index in [4.69, 9.17) is 0 Å². The van der Waals surface area contributed by atoms with Crippen LogP contribution >= 0.6 is 0 Å². The Morgan fingerprint density at radius 1 is 1.16 bits per heavy atom. The molecule has 0 fully saturated rings. The predicted molar refractivity (Wildman–Crippen MR) is 75.5 cm³/mol. The summed E-state index contributed by atoms with van der Waals surface area (Å²) in [7, 11) is 0. The number of aromatic amines is 2. The van der Waals surface area contributed by atoms with Gasteiger partial charge in [-0.05, 0) is 17.0 Å². The van der Waals surface area contributed by atoms with Crippen molar-refractivity contribution in [3.05, 3.63) is 62.4 Å². The molecule has 0 aliphatic heterocycles. The molecule has 0 amide bonds. The van der Waals surface area contributed by atoms with Crippen LogP contribution in [0.4, 0.5) is 5.69 Å². The zero-order chi connectivity index (χ0) is 13.8. The molecule has 2 rings (SSSR count). The van der Waals surface area contributed by atoms with Gasteiger partial charge >= 0.3 is 5.69 Å². The van der Waals surface area contributed by atoms with Crippen LogP contribution in [0.5, 0.6) is 0 Å². The van der Waals surface area contributed by atoms with E-state index in [2.05, 4.69) is 28.8 Å². The molecule has 1 aromatic carbocycles. The van der Waals surface area contributed by atoms with Crippen molar-refractivity contribution in [1.82, 2.24) is 9.97 Å². The molecule has 19 heavy (non-hydrogen) atoms. The van der Waals surface area contributed by atoms with Gasteiger partial charge in [0.15, 0.2) is 0 Å². The standard InChI is InChI=1S/C14H15N3O2/c1-9(2)11-5-3-10(4-6-11)7-15-12-8-16-14(19)17-13(12)18/h3-9H,1-2H3,(H2,16,17,18,19). The number of rotatable bonds is 3. The zero-order valence-corrected chi connectivity index (χ0v) is 10.8. The number of hydrogen-bond acceptors (Lipinski definition) is 3. The van der Waals surface area contributed by atoms with Crippen LogP contribution in [0.3, 0.4) is 0 Å². The molecule has 5 heteroatoms. The van der Waals surface area contributed by atoms with E-state index in [1.165, 1.54) is 11.8 Å². The van der Waals surface area contributed by atoms with Crippen LogP contribution < -0.4 is 11.2 Å². The van der Waals surface area contributed by atoms with E-state index < -0.39 is 11.2 Å². The number of aliphatic imine (C=N–C) groups is 1. The Kier molecular flexibility index (Phi) is 3.75. The fourth-order valence-electron chi connectivity index (χ4n) is 1.61. The van der Waals surface area contributed by atoms with Crippen LogP contribution in [-0.4, -0.2) is 16.2 Å². The SMILES string of the molecule is CC(C)c1ccc(C=Nc2c[nH]c(=O)[nH]c2=O)cc1. The Hall–Kier alpha value is -2.43. The van der Waals surface area contributed by atoms with E-state index in [0.717, 1.165) is 5.56 Å². The smallest absolute Gasteiger partial charge is 0.312 e. The molecule has 2 aromatic rings. The largest absolute Gasteiger partial charge is 0.325 e. The lowest BCUT2D eigenvalue weighted by molar-refractivity contribution is 0.866. The van der Waals surface area contributed by atoms with Crippen LogP contribution in [-0.2, 0) is 0 Å². The molecule has 0 saturated carbocycles. The average Bonchev–Trinajstić information content (AvgIpc) is 2.38. The predicted octanol–water partition coefficient (Wildman–Crippen LogP) is 1.94. The maximum absolute atomic E-state index is 11.4. The fraction of sp³-hybridized carbons (Fsp3) is 0.214. The number of nitrogens with zero attached hydrogens (tertiary/aromatic N) is 1. The Morgan fingerprint density at radius 3 is 2.42 bits per heavy atom. The van der Waals surface area contributed by atoms with Gasteiger partial charge in [-0.3, -0.25) is 9.78 Å². The second kappa shape index (κ2) is 5.48. The van der Waals surface area contributed by atoms with Gasteiger partial charge in [0, 0.05) is 12.4 Å². The molecule has 0 atom stereocenters. The summed E-state index contributed by atoms with van der Waals surface area (Å²) >= 11 is 0. The molecule has 0 unspecified atom stereocenters. The molecule has 2 N–H and O–H groups in total. The van der Waals surface area contributed by atoms with Gasteiger partial charge in [-0.15, -0.1) is 0 Å². The summed E-state index contributed by atoms with van der Waals surface area (Å²) in [4.78, 5) is 30.8. The number of nitrogens with one attached hydrogen (secondary N) is 2. The Balaban J connectivity index is 2.23. The summed E-state index contributed by atoms with van der Waals surface area (Å²) in [6, 6.07) is 7.95. The molecule has 1 heterocycles. The van der Waals surface area contributed by atoms with E-state index in [1.807, 2.05) is 24.3 Å². The molecule has 0 radical (unpaired) electrons. The van der Waals surface area contributed by atoms with Crippen molar-refractivity contribution in [2.24, 2.45) is 4.99 Å². The highest BCUT2D eigenvalue weighted by Gasteiger charge is 1.99. The summed E-state index contributed by atoms with van der Waals surface area (Å²) in [6.45, 7) is 4.26. The monoisotopic (exact) mass is 257 g/mol. The maximum atomic E-state index is 11.4. The third-order valence-electron chi connectivity index (χ3n) is 2.76. The molecule has 0 saturated heterocycles. The van der Waals surface area contributed by atoms with Gasteiger partial charge in [-0.2, -0.15) is 0 Å². The Bertz CT molecular complexity index is 694. The summed E-state index contributed by atoms with van der Waals surface area (Å²) in [5, 5.41) is 0. The first kappa shape index (κ1) is 13.0. The summed E-state index contributed by atoms with van der Waals surface area (Å²) in [6.07, 6.45) is 2.88. The van der Waals surface area contributed by atoms with Gasteiger partial charge in [-0.1, -0.05) is 38.1 Å². The van der Waals surface area contributed by atoms with E-state index in [-0.39, 0.29) is 5.69 Å². The van der Waals surface area contributed by atoms with Crippen molar-refractivity contribution in [3.63, 3.8) is 0 Å². The normalized spacial score (nSPS) is 11.3. The van der Waals surface area contributed by atoms with Crippen LogP contribution in [0.15, 0.2) is 45.0 Å². The summed E-state index contributed by atoms with van der Waals surface area (Å²) < 4.78 is 0. The van der Waals surface area contributed by atoms with Gasteiger partial charge in [0.1, 0.15) is 5.69 Å². The lowest BCUT2D eigenvalue weighted by Crippen LogP contribution is -2.20. The highest BCUT2D eigenvalue weighted by molar-refractivity contribution is 5.81. The minimum atomic E-state index is -0.537. The van der Waals surface area contributed by atoms with Gasteiger partial charge in [0.2, 0.25) is 0 Å². The first-order valence-corrected chi connectivity index (χ1v) is 6.02. The van der Waals surface area contributed by atoms with Crippen molar-refractivity contribution in [2.45, 2.75) is 19.8 Å². The number of aromatic nitrogens is 2. The number of H-pyrrole nitrogens is 2. The van der Waals surface area contributed by atoms with Crippen LogP contribution in [0.25, 0.3) is 0 Å². The molecule has 0 aliphatic carbocycles.